The van der Waals surface area contributed by atoms with E-state index >= 15 is 0 Å². The van der Waals surface area contributed by atoms with Gasteiger partial charge in [-0.3, -0.25) is 9.59 Å². The Morgan fingerprint density at radius 3 is 1.98 bits per heavy atom. The van der Waals surface area contributed by atoms with Crippen LogP contribution >= 0.6 is 11.5 Å². The largest absolute Gasteiger partial charge is 0.490 e. The molecular formula is C47H50F3N5O4S. The summed E-state index contributed by atoms with van der Waals surface area (Å²) in [4.78, 5) is 40.3. The number of hydrogen-bond acceptors (Lipinski definition) is 7. The van der Waals surface area contributed by atoms with E-state index in [4.69, 9.17) is 9.90 Å². The normalized spacial score (nSPS) is 15.0. The first-order valence-corrected chi connectivity index (χ1v) is 21.2. The molecule has 2 aliphatic rings. The Hall–Kier alpha value is -5.66. The van der Waals surface area contributed by atoms with Crippen LogP contribution in [0.25, 0.3) is 28.5 Å². The maximum atomic E-state index is 13.8. The summed E-state index contributed by atoms with van der Waals surface area (Å²) in [7, 11) is 0. The maximum absolute atomic E-state index is 13.8. The molecule has 7 rings (SSSR count). The molecule has 0 unspecified atom stereocenters. The molecule has 314 valence electrons. The van der Waals surface area contributed by atoms with Gasteiger partial charge in [0.15, 0.2) is 0 Å². The fraction of sp³-hybridized carbons (Fsp3) is 0.340. The minimum atomic E-state index is -5.08. The highest BCUT2D eigenvalue weighted by Crippen LogP contribution is 2.29. The number of carboxylic acid groups (broad SMARTS) is 1. The van der Waals surface area contributed by atoms with Crippen molar-refractivity contribution in [3.63, 3.8) is 0 Å². The quantitative estimate of drug-likeness (QED) is 0.114. The molecule has 2 saturated heterocycles. The molecule has 60 heavy (non-hydrogen) atoms. The van der Waals surface area contributed by atoms with Gasteiger partial charge in [0, 0.05) is 48.8 Å². The monoisotopic (exact) mass is 837 g/mol. The summed E-state index contributed by atoms with van der Waals surface area (Å²) in [6.07, 6.45) is 7.25. The van der Waals surface area contributed by atoms with Gasteiger partial charge in [0.2, 0.25) is 5.91 Å². The van der Waals surface area contributed by atoms with Crippen molar-refractivity contribution in [2.24, 2.45) is 11.8 Å². The van der Waals surface area contributed by atoms with E-state index in [2.05, 4.69) is 45.2 Å². The van der Waals surface area contributed by atoms with Crippen LogP contribution in [0.15, 0.2) is 115 Å². The summed E-state index contributed by atoms with van der Waals surface area (Å²) in [6, 6.07) is 34.3. The van der Waals surface area contributed by atoms with Crippen LogP contribution in [0.3, 0.4) is 0 Å². The first-order chi connectivity index (χ1) is 29.0. The van der Waals surface area contributed by atoms with Crippen LogP contribution in [0, 0.1) is 11.8 Å². The number of nitrogens with zero attached hydrogens (tertiary/aromatic N) is 4. The minimum absolute atomic E-state index is 0.0712. The van der Waals surface area contributed by atoms with Crippen LogP contribution < -0.4 is 5.32 Å². The lowest BCUT2D eigenvalue weighted by Gasteiger charge is -2.32. The van der Waals surface area contributed by atoms with Gasteiger partial charge in [-0.15, -0.1) is 5.10 Å². The topological polar surface area (TPSA) is 116 Å². The number of carboxylic acids is 1. The molecular weight excluding hydrogens is 788 g/mol. The van der Waals surface area contributed by atoms with Crippen molar-refractivity contribution in [3.8, 4) is 22.4 Å². The predicted octanol–water partition coefficient (Wildman–Crippen LogP) is 9.77. The Bertz CT molecular complexity index is 2180. The number of halogens is 3. The minimum Gasteiger partial charge on any atom is -0.475 e. The van der Waals surface area contributed by atoms with Crippen LogP contribution in [0.2, 0.25) is 0 Å². The fourth-order valence-corrected chi connectivity index (χ4v) is 8.23. The summed E-state index contributed by atoms with van der Waals surface area (Å²) < 4.78 is 35.8. The molecule has 3 heterocycles. The van der Waals surface area contributed by atoms with Crippen LogP contribution in [0.1, 0.15) is 72.0 Å². The standard InChI is InChI=1S/C45H49N5O2S.C2HF3O2/c51-44(19-18-34-8-2-1-3-9-34)50(32-38-13-6-16-41(29-38)43-33-53-48-47-43)31-37-12-5-14-39(28-37)40-15-7-17-42(30-40)45(52)49-26-22-36(23-27-49)11-4-10-35-20-24-46-25-21-35;3-2(4,5)1(6)7/h1-3,5-9,12-19,28-30,33,35-36,46H,4,10-11,20-27,31-32H2;(H,6,7). The predicted molar refractivity (Wildman–Crippen MR) is 229 cm³/mol. The van der Waals surface area contributed by atoms with E-state index in [1.165, 1.54) is 56.7 Å². The third-order valence-corrected chi connectivity index (χ3v) is 11.6. The van der Waals surface area contributed by atoms with Crippen molar-refractivity contribution in [3.05, 3.63) is 137 Å². The second kappa shape index (κ2) is 21.6. The Balaban J connectivity index is 0.000000793. The van der Waals surface area contributed by atoms with Crippen molar-refractivity contribution in [2.75, 3.05) is 26.2 Å². The highest BCUT2D eigenvalue weighted by Gasteiger charge is 2.38. The van der Waals surface area contributed by atoms with Crippen LogP contribution in [-0.4, -0.2) is 74.6 Å². The van der Waals surface area contributed by atoms with E-state index in [0.29, 0.717) is 13.1 Å². The Morgan fingerprint density at radius 1 is 0.783 bits per heavy atom. The Kier molecular flexibility index (Phi) is 15.8. The molecule has 13 heteroatoms. The van der Waals surface area contributed by atoms with E-state index in [-0.39, 0.29) is 11.8 Å². The van der Waals surface area contributed by atoms with Gasteiger partial charge < -0.3 is 20.2 Å². The number of aromatic nitrogens is 2. The van der Waals surface area contributed by atoms with Gasteiger partial charge in [-0.2, -0.15) is 13.2 Å². The third kappa shape index (κ3) is 13.2. The molecule has 9 nitrogen and oxygen atoms in total. The average molecular weight is 838 g/mol. The number of hydrogen-bond donors (Lipinski definition) is 2. The van der Waals surface area contributed by atoms with E-state index in [9.17, 15) is 22.8 Å². The highest BCUT2D eigenvalue weighted by atomic mass is 32.1. The Labute approximate surface area is 353 Å². The molecule has 1 aromatic heterocycles. The van der Waals surface area contributed by atoms with E-state index in [1.807, 2.05) is 94.1 Å². The van der Waals surface area contributed by atoms with Crippen molar-refractivity contribution in [1.29, 1.82) is 0 Å². The molecule has 0 radical (unpaired) electrons. The molecule has 2 N–H and O–H groups in total. The first-order valence-electron chi connectivity index (χ1n) is 20.4. The summed E-state index contributed by atoms with van der Waals surface area (Å²) in [5, 5.41) is 16.8. The van der Waals surface area contributed by atoms with Crippen LogP contribution in [-0.2, 0) is 22.7 Å². The average Bonchev–Trinajstić information content (AvgIpc) is 3.82. The molecule has 2 aliphatic heterocycles. The SMILES string of the molecule is O=C(C=Cc1ccccc1)N(Cc1cccc(-c2cccc(C(=O)N3CCC(CCCC4CCNCC4)CC3)c2)c1)Cc1cccc(-c2csnn2)c1.O=C(O)C(F)(F)F. The van der Waals surface area contributed by atoms with E-state index < -0.39 is 12.1 Å². The lowest BCUT2D eigenvalue weighted by molar-refractivity contribution is -0.192. The van der Waals surface area contributed by atoms with Gasteiger partial charge >= 0.3 is 12.1 Å². The van der Waals surface area contributed by atoms with E-state index in [1.54, 1.807) is 6.08 Å². The second-order valence-corrected chi connectivity index (χ2v) is 16.0. The number of carbonyl (C=O) groups excluding carboxylic acids is 2. The smallest absolute Gasteiger partial charge is 0.475 e. The van der Waals surface area contributed by atoms with Gasteiger partial charge in [-0.25, -0.2) is 4.79 Å². The molecule has 2 amide bonds. The summed E-state index contributed by atoms with van der Waals surface area (Å²) >= 11 is 1.32. The number of carbonyl (C=O) groups is 3. The molecule has 4 aromatic carbocycles. The number of nitrogens with one attached hydrogen (secondary N) is 1. The molecule has 0 spiro atoms. The van der Waals surface area contributed by atoms with Gasteiger partial charge in [0.1, 0.15) is 5.69 Å². The highest BCUT2D eigenvalue weighted by molar-refractivity contribution is 7.03. The number of piperidine rings is 2. The molecule has 2 fully saturated rings. The van der Waals surface area contributed by atoms with Crippen LogP contribution in [0.4, 0.5) is 13.2 Å². The van der Waals surface area contributed by atoms with Crippen molar-refractivity contribution in [2.45, 2.75) is 64.2 Å². The molecule has 0 saturated carbocycles. The van der Waals surface area contributed by atoms with Crippen LogP contribution in [0.5, 0.6) is 0 Å². The van der Waals surface area contributed by atoms with Gasteiger partial charge in [-0.1, -0.05) is 103 Å². The fourth-order valence-electron chi connectivity index (χ4n) is 7.76. The number of rotatable bonds is 13. The number of benzene rings is 4. The molecule has 0 bridgehead atoms. The molecule has 5 aromatic rings. The number of alkyl halides is 3. The van der Waals surface area contributed by atoms with Gasteiger partial charge in [0.25, 0.3) is 5.91 Å². The maximum Gasteiger partial charge on any atom is 0.490 e. The van der Waals surface area contributed by atoms with E-state index in [0.717, 1.165) is 82.4 Å². The summed E-state index contributed by atoms with van der Waals surface area (Å²) in [5.74, 6) is -1.08. The first kappa shape index (κ1) is 43.9. The zero-order valence-electron chi connectivity index (χ0n) is 33.4. The van der Waals surface area contributed by atoms with Crippen molar-refractivity contribution >= 4 is 35.4 Å². The number of likely N-dealkylation sites (tertiary alicyclic amines) is 1. The number of amides is 2. The molecule has 0 aliphatic carbocycles. The lowest BCUT2D eigenvalue weighted by Crippen LogP contribution is -2.38. The number of aliphatic carboxylic acids is 1. The van der Waals surface area contributed by atoms with Crippen molar-refractivity contribution < 1.29 is 32.7 Å². The zero-order chi connectivity index (χ0) is 42.3. The third-order valence-electron chi connectivity index (χ3n) is 11.1. The van der Waals surface area contributed by atoms with Crippen molar-refractivity contribution in [1.82, 2.24) is 24.7 Å². The van der Waals surface area contributed by atoms with Gasteiger partial charge in [0.05, 0.1) is 0 Å². The molecule has 0 atom stereocenters. The summed E-state index contributed by atoms with van der Waals surface area (Å²) in [5.41, 5.74) is 7.57. The Morgan fingerprint density at radius 2 is 1.37 bits per heavy atom. The zero-order valence-corrected chi connectivity index (χ0v) is 34.2. The second-order valence-electron chi connectivity index (χ2n) is 15.4. The summed E-state index contributed by atoms with van der Waals surface area (Å²) in [6.45, 7) is 4.89. The lowest BCUT2D eigenvalue weighted by atomic mass is 9.87. The van der Waals surface area contributed by atoms with Gasteiger partial charge in [-0.05, 0) is 120 Å².